The van der Waals surface area contributed by atoms with Crippen LogP contribution in [0, 0.1) is 0 Å². The van der Waals surface area contributed by atoms with Crippen LogP contribution in [0.2, 0.25) is 0 Å². The summed E-state index contributed by atoms with van der Waals surface area (Å²) in [7, 11) is 0. The summed E-state index contributed by atoms with van der Waals surface area (Å²) < 4.78 is 5.42. The Balaban J connectivity index is 1.82. The fourth-order valence-electron chi connectivity index (χ4n) is 2.65. The molecule has 1 aromatic rings. The third-order valence-corrected chi connectivity index (χ3v) is 3.69. The molecule has 1 aliphatic heterocycles. The van der Waals surface area contributed by atoms with Gasteiger partial charge in [-0.05, 0) is 44.0 Å². The number of carbonyl (C=O) groups is 2. The average Bonchev–Trinajstić information content (AvgIpc) is 2.94. The Labute approximate surface area is 130 Å². The molecule has 1 fully saturated rings. The molecule has 0 aromatic heterocycles. The Morgan fingerprint density at radius 3 is 3.00 bits per heavy atom. The minimum atomic E-state index is -0.852. The molecule has 120 valence electrons. The molecule has 6 heteroatoms. The Hall–Kier alpha value is -2.08. The van der Waals surface area contributed by atoms with E-state index in [2.05, 4.69) is 5.32 Å². The number of nitrogens with zero attached hydrogens (tertiary/aromatic N) is 1. The molecule has 0 aliphatic carbocycles. The number of hydrogen-bond acceptors (Lipinski definition) is 4. The van der Waals surface area contributed by atoms with Gasteiger partial charge in [-0.15, -0.1) is 0 Å². The quantitative estimate of drug-likeness (QED) is 0.792. The molecule has 1 aliphatic rings. The van der Waals surface area contributed by atoms with Crippen molar-refractivity contribution < 1.29 is 19.4 Å². The number of aliphatic carboxylic acids is 1. The number of hydrogen-bond donors (Lipinski definition) is 2. The van der Waals surface area contributed by atoms with Crippen molar-refractivity contribution in [1.82, 2.24) is 10.2 Å². The van der Waals surface area contributed by atoms with Crippen molar-refractivity contribution in [3.8, 4) is 5.75 Å². The van der Waals surface area contributed by atoms with E-state index in [0.29, 0.717) is 26.1 Å². The summed E-state index contributed by atoms with van der Waals surface area (Å²) in [6.07, 6.45) is 1.43. The van der Waals surface area contributed by atoms with Crippen LogP contribution >= 0.6 is 0 Å². The molecular weight excluding hydrogens is 284 g/mol. The zero-order chi connectivity index (χ0) is 15.9. The third kappa shape index (κ3) is 4.46. The average molecular weight is 306 g/mol. The maximum atomic E-state index is 12.0. The minimum absolute atomic E-state index is 0.127. The summed E-state index contributed by atoms with van der Waals surface area (Å²) in [5, 5.41) is 11.9. The molecule has 1 atom stereocenters. The predicted molar refractivity (Wildman–Crippen MR) is 81.7 cm³/mol. The molecule has 0 unspecified atom stereocenters. The molecule has 0 radical (unpaired) electrons. The van der Waals surface area contributed by atoms with E-state index in [1.807, 2.05) is 31.2 Å². The summed E-state index contributed by atoms with van der Waals surface area (Å²) in [5.41, 5.74) is 0.954. The predicted octanol–water partition coefficient (Wildman–Crippen LogP) is 1.25. The molecule has 22 heavy (non-hydrogen) atoms. The lowest BCUT2D eigenvalue weighted by Gasteiger charge is -2.20. The normalized spacial score (nSPS) is 18.1. The molecule has 1 aromatic carbocycles. The molecule has 1 amide bonds. The van der Waals surface area contributed by atoms with Crippen LogP contribution < -0.4 is 10.1 Å². The molecular formula is C16H22N2O4. The summed E-state index contributed by atoms with van der Waals surface area (Å²) in [5.74, 6) is -0.232. The van der Waals surface area contributed by atoms with E-state index >= 15 is 0 Å². The van der Waals surface area contributed by atoms with Gasteiger partial charge >= 0.3 is 5.97 Å². The molecule has 0 saturated carbocycles. The Morgan fingerprint density at radius 1 is 1.45 bits per heavy atom. The van der Waals surface area contributed by atoms with E-state index in [1.165, 1.54) is 0 Å². The summed E-state index contributed by atoms with van der Waals surface area (Å²) >= 11 is 0. The number of amides is 1. The zero-order valence-electron chi connectivity index (χ0n) is 12.7. The molecule has 2 rings (SSSR count). The molecule has 2 N–H and O–H groups in total. The number of nitrogens with one attached hydrogen (secondary N) is 1. The third-order valence-electron chi connectivity index (χ3n) is 3.69. The number of carboxylic acids is 1. The molecule has 1 saturated heterocycles. The van der Waals surface area contributed by atoms with Gasteiger partial charge in [0, 0.05) is 6.54 Å². The van der Waals surface area contributed by atoms with Gasteiger partial charge < -0.3 is 15.2 Å². The van der Waals surface area contributed by atoms with E-state index in [9.17, 15) is 9.59 Å². The highest BCUT2D eigenvalue weighted by molar-refractivity contribution is 5.80. The van der Waals surface area contributed by atoms with Crippen molar-refractivity contribution in [3.05, 3.63) is 29.8 Å². The Kier molecular flexibility index (Phi) is 5.77. The van der Waals surface area contributed by atoms with Gasteiger partial charge in [-0.1, -0.05) is 12.1 Å². The first-order valence-corrected chi connectivity index (χ1v) is 7.55. The van der Waals surface area contributed by atoms with Crippen LogP contribution in [0.3, 0.4) is 0 Å². The Morgan fingerprint density at radius 2 is 2.27 bits per heavy atom. The van der Waals surface area contributed by atoms with Crippen molar-refractivity contribution in [2.24, 2.45) is 0 Å². The highest BCUT2D eigenvalue weighted by Crippen LogP contribution is 2.17. The number of likely N-dealkylation sites (tertiary alicyclic amines) is 1. The smallest absolute Gasteiger partial charge is 0.320 e. The van der Waals surface area contributed by atoms with Crippen molar-refractivity contribution in [3.63, 3.8) is 0 Å². The monoisotopic (exact) mass is 306 g/mol. The topological polar surface area (TPSA) is 78.9 Å². The van der Waals surface area contributed by atoms with Gasteiger partial charge in [0.1, 0.15) is 11.8 Å². The van der Waals surface area contributed by atoms with Crippen molar-refractivity contribution in [2.45, 2.75) is 32.4 Å². The molecule has 0 bridgehead atoms. The Bertz CT molecular complexity index is 533. The number of ether oxygens (including phenoxy) is 1. The van der Waals surface area contributed by atoms with Gasteiger partial charge in [0.05, 0.1) is 13.2 Å². The van der Waals surface area contributed by atoms with E-state index in [-0.39, 0.29) is 12.5 Å². The fourth-order valence-corrected chi connectivity index (χ4v) is 2.65. The van der Waals surface area contributed by atoms with E-state index in [1.54, 1.807) is 4.90 Å². The first kappa shape index (κ1) is 16.3. The summed E-state index contributed by atoms with van der Waals surface area (Å²) in [6.45, 7) is 3.71. The summed E-state index contributed by atoms with van der Waals surface area (Å²) in [6, 6.07) is 7.02. The SMILES string of the molecule is CCOc1cccc(CNC(=O)CN2CCC[C@H]2C(=O)O)c1. The highest BCUT2D eigenvalue weighted by Gasteiger charge is 2.31. The number of carboxylic acid groups (broad SMARTS) is 1. The second kappa shape index (κ2) is 7.79. The van der Waals surface area contributed by atoms with Gasteiger partial charge in [-0.2, -0.15) is 0 Å². The molecule has 6 nitrogen and oxygen atoms in total. The second-order valence-corrected chi connectivity index (χ2v) is 5.32. The number of benzene rings is 1. The lowest BCUT2D eigenvalue weighted by molar-refractivity contribution is -0.142. The number of rotatable bonds is 7. The van der Waals surface area contributed by atoms with Crippen LogP contribution in [-0.4, -0.2) is 47.6 Å². The lowest BCUT2D eigenvalue weighted by Crippen LogP contribution is -2.42. The van der Waals surface area contributed by atoms with Crippen LogP contribution in [-0.2, 0) is 16.1 Å². The summed E-state index contributed by atoms with van der Waals surface area (Å²) in [4.78, 5) is 24.8. The van der Waals surface area contributed by atoms with Crippen LogP contribution in [0.25, 0.3) is 0 Å². The first-order valence-electron chi connectivity index (χ1n) is 7.55. The number of carbonyl (C=O) groups excluding carboxylic acids is 1. The van der Waals surface area contributed by atoms with Gasteiger partial charge in [0.2, 0.25) is 5.91 Å². The van der Waals surface area contributed by atoms with E-state index in [4.69, 9.17) is 9.84 Å². The standard InChI is InChI=1S/C16H22N2O4/c1-2-22-13-6-3-5-12(9-13)10-17-15(19)11-18-8-4-7-14(18)16(20)21/h3,5-6,9,14H,2,4,7-8,10-11H2,1H3,(H,17,19)(H,20,21)/t14-/m0/s1. The lowest BCUT2D eigenvalue weighted by atomic mass is 10.2. The van der Waals surface area contributed by atoms with Crippen LogP contribution in [0.4, 0.5) is 0 Å². The van der Waals surface area contributed by atoms with E-state index in [0.717, 1.165) is 17.7 Å². The minimum Gasteiger partial charge on any atom is -0.494 e. The molecule has 1 heterocycles. The van der Waals surface area contributed by atoms with Crippen LogP contribution in [0.1, 0.15) is 25.3 Å². The largest absolute Gasteiger partial charge is 0.494 e. The van der Waals surface area contributed by atoms with Crippen molar-refractivity contribution in [1.29, 1.82) is 0 Å². The zero-order valence-corrected chi connectivity index (χ0v) is 12.7. The van der Waals surface area contributed by atoms with Crippen molar-refractivity contribution in [2.75, 3.05) is 19.7 Å². The maximum Gasteiger partial charge on any atom is 0.320 e. The van der Waals surface area contributed by atoms with Gasteiger partial charge in [0.15, 0.2) is 0 Å². The van der Waals surface area contributed by atoms with E-state index < -0.39 is 12.0 Å². The van der Waals surface area contributed by atoms with Crippen LogP contribution in [0.15, 0.2) is 24.3 Å². The second-order valence-electron chi connectivity index (χ2n) is 5.32. The fraction of sp³-hybridized carbons (Fsp3) is 0.500. The maximum absolute atomic E-state index is 12.0. The van der Waals surface area contributed by atoms with Gasteiger partial charge in [-0.3, -0.25) is 14.5 Å². The first-order chi connectivity index (χ1) is 10.6. The van der Waals surface area contributed by atoms with Gasteiger partial charge in [0.25, 0.3) is 0 Å². The molecule has 0 spiro atoms. The highest BCUT2D eigenvalue weighted by atomic mass is 16.5. The van der Waals surface area contributed by atoms with Crippen molar-refractivity contribution >= 4 is 11.9 Å². The van der Waals surface area contributed by atoms with Gasteiger partial charge in [-0.25, -0.2) is 0 Å². The van der Waals surface area contributed by atoms with Crippen LogP contribution in [0.5, 0.6) is 5.75 Å².